The van der Waals surface area contributed by atoms with Crippen molar-refractivity contribution < 1.29 is 0 Å². The van der Waals surface area contributed by atoms with E-state index in [9.17, 15) is 0 Å². The first-order chi connectivity index (χ1) is 5.27. The smallest absolute Gasteiger partial charge is 0.0825 e. The van der Waals surface area contributed by atoms with Gasteiger partial charge in [0.05, 0.1) is 11.4 Å². The minimum Gasteiger partial charge on any atom is -0.286 e. The summed E-state index contributed by atoms with van der Waals surface area (Å²) in [6.07, 6.45) is 6.05. The minimum atomic E-state index is 0.957. The van der Waals surface area contributed by atoms with Crippen LogP contribution in [0, 0.1) is 0 Å². The van der Waals surface area contributed by atoms with Crippen molar-refractivity contribution in [2.24, 2.45) is 9.98 Å². The molecule has 1 rings (SSSR count). The predicted octanol–water partition coefficient (Wildman–Crippen LogP) is 1.64. The van der Waals surface area contributed by atoms with E-state index >= 15 is 0 Å². The van der Waals surface area contributed by atoms with E-state index in [2.05, 4.69) is 9.98 Å². The summed E-state index contributed by atoms with van der Waals surface area (Å²) < 4.78 is 0. The summed E-state index contributed by atoms with van der Waals surface area (Å²) in [4.78, 5) is 8.20. The first-order valence-corrected chi connectivity index (χ1v) is 3.58. The summed E-state index contributed by atoms with van der Waals surface area (Å²) in [6.45, 7) is 2.05. The Balaban J connectivity index is 3.03. The quantitative estimate of drug-likeness (QED) is 0.467. The van der Waals surface area contributed by atoms with Gasteiger partial charge in [-0.05, 0) is 24.6 Å². The van der Waals surface area contributed by atoms with Crippen LogP contribution in [0.4, 0.5) is 0 Å². The van der Waals surface area contributed by atoms with Crippen molar-refractivity contribution in [3.63, 3.8) is 0 Å². The number of hydrogen-bond acceptors (Lipinski definition) is 2. The van der Waals surface area contributed by atoms with E-state index in [1.807, 2.05) is 25.2 Å². The van der Waals surface area contributed by atoms with Crippen molar-refractivity contribution in [2.45, 2.75) is 6.92 Å². The van der Waals surface area contributed by atoms with Crippen LogP contribution >= 0.6 is 0 Å². The van der Waals surface area contributed by atoms with Crippen LogP contribution in [0.25, 0.3) is 0 Å². The van der Waals surface area contributed by atoms with Crippen molar-refractivity contribution in [2.75, 3.05) is 14.1 Å². The van der Waals surface area contributed by atoms with Gasteiger partial charge >= 0.3 is 0 Å². The van der Waals surface area contributed by atoms with Crippen molar-refractivity contribution in [3.8, 4) is 0 Å². The highest BCUT2D eigenvalue weighted by molar-refractivity contribution is 6.51. The third-order valence-corrected chi connectivity index (χ3v) is 1.61. The highest BCUT2D eigenvalue weighted by Crippen LogP contribution is 2.05. The number of allylic oxidation sites excluding steroid dienone is 4. The molecule has 0 fully saturated rings. The van der Waals surface area contributed by atoms with E-state index in [4.69, 9.17) is 0 Å². The molecule has 58 valence electrons. The van der Waals surface area contributed by atoms with E-state index in [0.717, 1.165) is 11.4 Å². The van der Waals surface area contributed by atoms with Crippen molar-refractivity contribution >= 4 is 11.4 Å². The largest absolute Gasteiger partial charge is 0.286 e. The molecule has 0 unspecified atom stereocenters. The molecule has 0 N–H and O–H groups in total. The molecule has 2 heteroatoms. The second-order valence-corrected chi connectivity index (χ2v) is 2.44. The maximum Gasteiger partial charge on any atom is 0.0825 e. The molecule has 0 aromatic rings. The highest BCUT2D eigenvalue weighted by atomic mass is 14.8. The summed E-state index contributed by atoms with van der Waals surface area (Å²) >= 11 is 0. The van der Waals surface area contributed by atoms with Gasteiger partial charge in [-0.2, -0.15) is 0 Å². The molecule has 0 aliphatic heterocycles. The number of nitrogens with zero attached hydrogens (tertiary/aromatic N) is 2. The van der Waals surface area contributed by atoms with Gasteiger partial charge in [0.2, 0.25) is 0 Å². The Hall–Kier alpha value is -1.18. The van der Waals surface area contributed by atoms with Crippen LogP contribution in [0.3, 0.4) is 0 Å². The average molecular weight is 148 g/mol. The maximum atomic E-state index is 4.11. The molecule has 0 saturated carbocycles. The fraction of sp³-hybridized carbons (Fsp3) is 0.333. The second-order valence-electron chi connectivity index (χ2n) is 2.44. The molecule has 1 aliphatic rings. The monoisotopic (exact) mass is 148 g/mol. The van der Waals surface area contributed by atoms with Gasteiger partial charge in [-0.15, -0.1) is 0 Å². The van der Waals surface area contributed by atoms with Crippen LogP contribution in [0.5, 0.6) is 0 Å². The molecule has 0 bridgehead atoms. The average Bonchev–Trinajstić information content (AvgIpc) is 2.04. The van der Waals surface area contributed by atoms with Gasteiger partial charge in [0, 0.05) is 14.1 Å². The summed E-state index contributed by atoms with van der Waals surface area (Å²) in [5.41, 5.74) is 3.14. The highest BCUT2D eigenvalue weighted by Gasteiger charge is 2.04. The Bertz CT molecular complexity index is 267. The summed E-state index contributed by atoms with van der Waals surface area (Å²) in [5.74, 6) is 0. The van der Waals surface area contributed by atoms with E-state index in [0.29, 0.717) is 0 Å². The fourth-order valence-corrected chi connectivity index (χ4v) is 1.00. The minimum absolute atomic E-state index is 0.957. The van der Waals surface area contributed by atoms with Crippen molar-refractivity contribution in [3.05, 3.63) is 23.8 Å². The zero-order valence-electron chi connectivity index (χ0n) is 7.13. The molecule has 0 aromatic carbocycles. The maximum absolute atomic E-state index is 4.11. The van der Waals surface area contributed by atoms with Gasteiger partial charge in [-0.3, -0.25) is 9.98 Å². The summed E-state index contributed by atoms with van der Waals surface area (Å²) in [6, 6.07) is 0. The Morgan fingerprint density at radius 2 is 1.64 bits per heavy atom. The van der Waals surface area contributed by atoms with Gasteiger partial charge in [-0.25, -0.2) is 0 Å². The third kappa shape index (κ3) is 1.64. The van der Waals surface area contributed by atoms with Gasteiger partial charge in [-0.1, -0.05) is 6.08 Å². The van der Waals surface area contributed by atoms with Crippen LogP contribution in [-0.2, 0) is 0 Å². The summed E-state index contributed by atoms with van der Waals surface area (Å²) in [5, 5.41) is 0. The van der Waals surface area contributed by atoms with E-state index < -0.39 is 0 Å². The summed E-state index contributed by atoms with van der Waals surface area (Å²) in [7, 11) is 3.56. The Morgan fingerprint density at radius 3 is 2.18 bits per heavy atom. The first kappa shape index (κ1) is 7.92. The fourth-order valence-electron chi connectivity index (χ4n) is 1.00. The zero-order valence-corrected chi connectivity index (χ0v) is 7.13. The van der Waals surface area contributed by atoms with Crippen LogP contribution < -0.4 is 0 Å². The third-order valence-electron chi connectivity index (χ3n) is 1.61. The van der Waals surface area contributed by atoms with Crippen molar-refractivity contribution in [1.82, 2.24) is 0 Å². The normalized spacial score (nSPS) is 24.5. The van der Waals surface area contributed by atoms with Crippen LogP contribution in [0.1, 0.15) is 6.92 Å². The van der Waals surface area contributed by atoms with Gasteiger partial charge < -0.3 is 0 Å². The molecule has 0 atom stereocenters. The Labute approximate surface area is 67.1 Å². The topological polar surface area (TPSA) is 24.7 Å². The SMILES string of the molecule is C/N=C1/C=CC(C)=C/C1=N/C. The molecular formula is C9H12N2. The molecule has 0 heterocycles. The molecule has 0 radical (unpaired) electrons. The van der Waals surface area contributed by atoms with Crippen LogP contribution in [-0.4, -0.2) is 25.5 Å². The molecule has 0 amide bonds. The van der Waals surface area contributed by atoms with Crippen molar-refractivity contribution in [1.29, 1.82) is 0 Å². The number of aliphatic imine (C=N–C) groups is 2. The second kappa shape index (κ2) is 3.28. The Kier molecular flexibility index (Phi) is 2.36. The lowest BCUT2D eigenvalue weighted by Crippen LogP contribution is -2.12. The molecular weight excluding hydrogens is 136 g/mol. The van der Waals surface area contributed by atoms with Crippen LogP contribution in [0.2, 0.25) is 0 Å². The van der Waals surface area contributed by atoms with E-state index in [1.54, 1.807) is 14.1 Å². The molecule has 11 heavy (non-hydrogen) atoms. The molecule has 0 spiro atoms. The molecule has 0 saturated heterocycles. The molecule has 2 nitrogen and oxygen atoms in total. The van der Waals surface area contributed by atoms with Gasteiger partial charge in [0.25, 0.3) is 0 Å². The number of rotatable bonds is 0. The van der Waals surface area contributed by atoms with E-state index in [1.165, 1.54) is 5.57 Å². The first-order valence-electron chi connectivity index (χ1n) is 3.58. The van der Waals surface area contributed by atoms with Gasteiger partial charge in [0.15, 0.2) is 0 Å². The predicted molar refractivity (Wildman–Crippen MR) is 49.6 cm³/mol. The lowest BCUT2D eigenvalue weighted by molar-refractivity contribution is 1.41. The lowest BCUT2D eigenvalue weighted by atomic mass is 10.1. The molecule has 1 aliphatic carbocycles. The van der Waals surface area contributed by atoms with Crippen LogP contribution in [0.15, 0.2) is 33.8 Å². The van der Waals surface area contributed by atoms with E-state index in [-0.39, 0.29) is 0 Å². The number of hydrogen-bond donors (Lipinski definition) is 0. The lowest BCUT2D eigenvalue weighted by Gasteiger charge is -2.05. The zero-order chi connectivity index (χ0) is 8.27. The Morgan fingerprint density at radius 1 is 1.00 bits per heavy atom. The standard InChI is InChI=1S/C9H12N2/c1-7-4-5-8(10-2)9(6-7)11-3/h4-6H,1-3H3/b10-8-,11-9-. The van der Waals surface area contributed by atoms with Gasteiger partial charge in [0.1, 0.15) is 0 Å². The molecule has 0 aromatic heterocycles.